The SMILES string of the molecule is CCOc1cc(CC(C)N)ccc1OC1CCCC(C)C1. The third-order valence-electron chi connectivity index (χ3n) is 4.05. The maximum absolute atomic E-state index is 6.21. The van der Waals surface area contributed by atoms with Crippen LogP contribution in [0.2, 0.25) is 0 Å². The maximum atomic E-state index is 6.21. The highest BCUT2D eigenvalue weighted by Crippen LogP contribution is 2.33. The van der Waals surface area contributed by atoms with E-state index in [2.05, 4.69) is 19.1 Å². The molecule has 0 heterocycles. The standard InChI is InChI=1S/C18H29NO2/c1-4-20-18-12-15(11-14(3)19)8-9-17(18)21-16-7-5-6-13(2)10-16/h8-9,12-14,16H,4-7,10-11,19H2,1-3H3. The van der Waals surface area contributed by atoms with Crippen LogP contribution >= 0.6 is 0 Å². The molecule has 1 aromatic rings. The first-order chi connectivity index (χ1) is 10.1. The summed E-state index contributed by atoms with van der Waals surface area (Å²) >= 11 is 0. The molecule has 0 aliphatic heterocycles. The second-order valence-electron chi connectivity index (χ2n) is 6.41. The molecule has 118 valence electrons. The Morgan fingerprint density at radius 3 is 2.76 bits per heavy atom. The van der Waals surface area contributed by atoms with Crippen molar-refractivity contribution in [1.29, 1.82) is 0 Å². The number of nitrogens with two attached hydrogens (primary N) is 1. The van der Waals surface area contributed by atoms with Crippen molar-refractivity contribution >= 4 is 0 Å². The van der Waals surface area contributed by atoms with Gasteiger partial charge in [0.05, 0.1) is 12.7 Å². The minimum Gasteiger partial charge on any atom is -0.490 e. The van der Waals surface area contributed by atoms with Gasteiger partial charge in [-0.3, -0.25) is 0 Å². The van der Waals surface area contributed by atoms with E-state index in [0.29, 0.717) is 12.7 Å². The van der Waals surface area contributed by atoms with Gasteiger partial charge in [-0.1, -0.05) is 19.4 Å². The largest absolute Gasteiger partial charge is 0.490 e. The molecule has 0 amide bonds. The summed E-state index contributed by atoms with van der Waals surface area (Å²) in [5, 5.41) is 0. The molecule has 2 rings (SSSR count). The summed E-state index contributed by atoms with van der Waals surface area (Å²) in [6, 6.07) is 6.38. The zero-order chi connectivity index (χ0) is 15.2. The quantitative estimate of drug-likeness (QED) is 0.863. The maximum Gasteiger partial charge on any atom is 0.161 e. The van der Waals surface area contributed by atoms with Gasteiger partial charge in [-0.05, 0) is 63.1 Å². The van der Waals surface area contributed by atoms with Crippen LogP contribution in [0.1, 0.15) is 52.0 Å². The van der Waals surface area contributed by atoms with Crippen LogP contribution in [0, 0.1) is 5.92 Å². The summed E-state index contributed by atoms with van der Waals surface area (Å²) in [5.41, 5.74) is 7.09. The van der Waals surface area contributed by atoms with Crippen molar-refractivity contribution in [3.05, 3.63) is 23.8 Å². The molecule has 0 saturated heterocycles. The molecular weight excluding hydrogens is 262 g/mol. The molecule has 0 aromatic heterocycles. The molecule has 21 heavy (non-hydrogen) atoms. The van der Waals surface area contributed by atoms with Crippen LogP contribution in [0.25, 0.3) is 0 Å². The smallest absolute Gasteiger partial charge is 0.161 e. The Morgan fingerprint density at radius 2 is 2.10 bits per heavy atom. The lowest BCUT2D eigenvalue weighted by Crippen LogP contribution is -2.24. The van der Waals surface area contributed by atoms with E-state index >= 15 is 0 Å². The van der Waals surface area contributed by atoms with Crippen molar-refractivity contribution < 1.29 is 9.47 Å². The molecule has 2 N–H and O–H groups in total. The Bertz CT molecular complexity index is 445. The normalized spacial score (nSPS) is 23.6. The van der Waals surface area contributed by atoms with E-state index in [1.165, 1.54) is 18.4 Å². The lowest BCUT2D eigenvalue weighted by atomic mass is 9.89. The number of ether oxygens (including phenoxy) is 2. The minimum atomic E-state index is 0.158. The first kappa shape index (κ1) is 16.2. The van der Waals surface area contributed by atoms with E-state index in [1.54, 1.807) is 0 Å². The van der Waals surface area contributed by atoms with Gasteiger partial charge in [0.2, 0.25) is 0 Å². The number of rotatable bonds is 6. The zero-order valence-corrected chi connectivity index (χ0v) is 13.6. The Kier molecular flexibility index (Phi) is 5.92. The fraction of sp³-hybridized carbons (Fsp3) is 0.667. The Hall–Kier alpha value is -1.22. The van der Waals surface area contributed by atoms with Gasteiger partial charge in [-0.25, -0.2) is 0 Å². The van der Waals surface area contributed by atoms with Gasteiger partial charge in [0, 0.05) is 6.04 Å². The van der Waals surface area contributed by atoms with Crippen LogP contribution in [0.3, 0.4) is 0 Å². The molecular formula is C18H29NO2. The van der Waals surface area contributed by atoms with Crippen LogP contribution in [0.4, 0.5) is 0 Å². The third-order valence-corrected chi connectivity index (χ3v) is 4.05. The lowest BCUT2D eigenvalue weighted by molar-refractivity contribution is 0.124. The average Bonchev–Trinajstić information content (AvgIpc) is 2.41. The Morgan fingerprint density at radius 1 is 1.29 bits per heavy atom. The van der Waals surface area contributed by atoms with Gasteiger partial charge in [0.25, 0.3) is 0 Å². The fourth-order valence-electron chi connectivity index (χ4n) is 3.08. The molecule has 0 radical (unpaired) electrons. The van der Waals surface area contributed by atoms with Gasteiger partial charge in [0.15, 0.2) is 11.5 Å². The first-order valence-electron chi connectivity index (χ1n) is 8.26. The molecule has 3 unspecified atom stereocenters. The van der Waals surface area contributed by atoms with E-state index in [9.17, 15) is 0 Å². The van der Waals surface area contributed by atoms with E-state index in [-0.39, 0.29) is 6.04 Å². The second-order valence-corrected chi connectivity index (χ2v) is 6.41. The molecule has 1 saturated carbocycles. The van der Waals surface area contributed by atoms with Gasteiger partial charge in [-0.2, -0.15) is 0 Å². The summed E-state index contributed by atoms with van der Waals surface area (Å²) in [4.78, 5) is 0. The van der Waals surface area contributed by atoms with Gasteiger partial charge >= 0.3 is 0 Å². The third kappa shape index (κ3) is 4.92. The fourth-order valence-corrected chi connectivity index (χ4v) is 3.08. The predicted molar refractivity (Wildman–Crippen MR) is 87.0 cm³/mol. The molecule has 3 atom stereocenters. The van der Waals surface area contributed by atoms with Crippen LogP contribution in [0.15, 0.2) is 18.2 Å². The summed E-state index contributed by atoms with van der Waals surface area (Å²) in [6.45, 7) is 6.99. The van der Waals surface area contributed by atoms with Gasteiger partial charge < -0.3 is 15.2 Å². The van der Waals surface area contributed by atoms with Crippen molar-refractivity contribution in [2.45, 2.75) is 65.0 Å². The summed E-state index contributed by atoms with van der Waals surface area (Å²) < 4.78 is 12.0. The molecule has 1 aliphatic carbocycles. The summed E-state index contributed by atoms with van der Waals surface area (Å²) in [6.07, 6.45) is 6.07. The molecule has 1 aliphatic rings. The molecule has 3 heteroatoms. The molecule has 0 bridgehead atoms. The highest BCUT2D eigenvalue weighted by atomic mass is 16.5. The van der Waals surface area contributed by atoms with E-state index in [1.807, 2.05) is 19.9 Å². The molecule has 3 nitrogen and oxygen atoms in total. The van der Waals surface area contributed by atoms with Crippen LogP contribution < -0.4 is 15.2 Å². The van der Waals surface area contributed by atoms with Gasteiger partial charge in [-0.15, -0.1) is 0 Å². The summed E-state index contributed by atoms with van der Waals surface area (Å²) in [5.74, 6) is 2.50. The van der Waals surface area contributed by atoms with Crippen LogP contribution in [-0.4, -0.2) is 18.8 Å². The average molecular weight is 291 g/mol. The molecule has 1 aromatic carbocycles. The Labute approximate surface area is 128 Å². The summed E-state index contributed by atoms with van der Waals surface area (Å²) in [7, 11) is 0. The Balaban J connectivity index is 2.09. The van der Waals surface area contributed by atoms with Crippen molar-refractivity contribution in [2.24, 2.45) is 11.7 Å². The van der Waals surface area contributed by atoms with E-state index < -0.39 is 0 Å². The van der Waals surface area contributed by atoms with Crippen LogP contribution in [0.5, 0.6) is 11.5 Å². The highest BCUT2D eigenvalue weighted by Gasteiger charge is 2.21. The topological polar surface area (TPSA) is 44.5 Å². The minimum absolute atomic E-state index is 0.158. The molecule has 1 fully saturated rings. The van der Waals surface area contributed by atoms with Gasteiger partial charge in [0.1, 0.15) is 0 Å². The van der Waals surface area contributed by atoms with Crippen molar-refractivity contribution in [3.63, 3.8) is 0 Å². The second kappa shape index (κ2) is 7.69. The molecule has 0 spiro atoms. The van der Waals surface area contributed by atoms with Crippen molar-refractivity contribution in [3.8, 4) is 11.5 Å². The monoisotopic (exact) mass is 291 g/mol. The van der Waals surface area contributed by atoms with E-state index in [4.69, 9.17) is 15.2 Å². The highest BCUT2D eigenvalue weighted by molar-refractivity contribution is 5.43. The lowest BCUT2D eigenvalue weighted by Gasteiger charge is -2.28. The van der Waals surface area contributed by atoms with Crippen LogP contribution in [-0.2, 0) is 6.42 Å². The predicted octanol–water partition coefficient (Wildman–Crippen LogP) is 3.93. The van der Waals surface area contributed by atoms with Crippen molar-refractivity contribution in [1.82, 2.24) is 0 Å². The number of hydrogen-bond donors (Lipinski definition) is 1. The first-order valence-corrected chi connectivity index (χ1v) is 8.26. The zero-order valence-electron chi connectivity index (χ0n) is 13.6. The number of benzene rings is 1. The van der Waals surface area contributed by atoms with E-state index in [0.717, 1.165) is 36.7 Å². The van der Waals surface area contributed by atoms with Crippen molar-refractivity contribution in [2.75, 3.05) is 6.61 Å². The number of hydrogen-bond acceptors (Lipinski definition) is 3.